The van der Waals surface area contributed by atoms with Gasteiger partial charge in [0.15, 0.2) is 0 Å². The zero-order valence-corrected chi connectivity index (χ0v) is 5.71. The molecule has 4 heteroatoms. The molecular weight excluding hydrogens is 148 g/mol. The van der Waals surface area contributed by atoms with E-state index in [-0.39, 0.29) is 12.4 Å². The maximum Gasteiger partial charge on any atom is 0.267 e. The van der Waals surface area contributed by atoms with Crippen LogP contribution < -0.4 is 5.73 Å². The van der Waals surface area contributed by atoms with E-state index < -0.39 is 12.0 Å². The van der Waals surface area contributed by atoms with E-state index >= 15 is 0 Å². The summed E-state index contributed by atoms with van der Waals surface area (Å²) in [7, 11) is 0. The molecule has 0 aliphatic heterocycles. The van der Waals surface area contributed by atoms with Crippen molar-refractivity contribution in [2.75, 3.05) is 0 Å². The molecule has 0 amide bonds. The molecule has 9 heavy (non-hydrogen) atoms. The van der Waals surface area contributed by atoms with Crippen molar-refractivity contribution in [2.24, 2.45) is 5.73 Å². The molecule has 0 aliphatic carbocycles. The fourth-order valence-electron chi connectivity index (χ4n) is 0.0630. The summed E-state index contributed by atoms with van der Waals surface area (Å²) in [5.74, 6) is 1.77. The first-order chi connectivity index (χ1) is 3.50. The summed E-state index contributed by atoms with van der Waals surface area (Å²) >= 11 is 0. The van der Waals surface area contributed by atoms with Gasteiger partial charge in [-0.25, -0.2) is 8.78 Å². The quantitative estimate of drug-likeness (QED) is 0.563. The Bertz CT molecular complexity index is 117. The zero-order valence-electron chi connectivity index (χ0n) is 4.90. The van der Waals surface area contributed by atoms with Crippen molar-refractivity contribution in [1.29, 1.82) is 0 Å². The SMILES string of the molecule is C#CC(C)(N)C(F)F.Cl. The van der Waals surface area contributed by atoms with E-state index in [2.05, 4.69) is 6.42 Å². The van der Waals surface area contributed by atoms with Crippen LogP contribution in [0.1, 0.15) is 6.92 Å². The third kappa shape index (κ3) is 3.28. The second-order valence-corrected chi connectivity index (χ2v) is 1.73. The van der Waals surface area contributed by atoms with Gasteiger partial charge in [0.2, 0.25) is 0 Å². The molecule has 0 aromatic rings. The zero-order chi connectivity index (χ0) is 6.78. The smallest absolute Gasteiger partial charge is 0.267 e. The monoisotopic (exact) mass is 155 g/mol. The number of nitrogens with two attached hydrogens (primary N) is 1. The molecule has 0 heterocycles. The van der Waals surface area contributed by atoms with Gasteiger partial charge in [0.05, 0.1) is 0 Å². The van der Waals surface area contributed by atoms with Crippen LogP contribution in [0.25, 0.3) is 0 Å². The summed E-state index contributed by atoms with van der Waals surface area (Å²) in [6, 6.07) is 0. The molecule has 0 fully saturated rings. The van der Waals surface area contributed by atoms with Crippen LogP contribution in [-0.4, -0.2) is 12.0 Å². The topological polar surface area (TPSA) is 26.0 Å². The molecule has 2 N–H and O–H groups in total. The highest BCUT2D eigenvalue weighted by Crippen LogP contribution is 2.08. The van der Waals surface area contributed by atoms with Gasteiger partial charge in [0, 0.05) is 0 Å². The fourth-order valence-corrected chi connectivity index (χ4v) is 0.0630. The predicted octanol–water partition coefficient (Wildman–Crippen LogP) is 1.02. The summed E-state index contributed by atoms with van der Waals surface area (Å²) in [6.07, 6.45) is 2.01. The molecule has 0 saturated heterocycles. The largest absolute Gasteiger partial charge is 0.311 e. The molecule has 0 aliphatic rings. The van der Waals surface area contributed by atoms with Crippen LogP contribution in [0.4, 0.5) is 8.78 Å². The Morgan fingerprint density at radius 2 is 2.00 bits per heavy atom. The number of hydrogen-bond acceptors (Lipinski definition) is 1. The highest BCUT2D eigenvalue weighted by atomic mass is 35.5. The summed E-state index contributed by atoms with van der Waals surface area (Å²) in [4.78, 5) is 0. The summed E-state index contributed by atoms with van der Waals surface area (Å²) in [6.45, 7) is 1.11. The van der Waals surface area contributed by atoms with Crippen LogP contribution in [0.3, 0.4) is 0 Å². The van der Waals surface area contributed by atoms with Crippen LogP contribution in [0.15, 0.2) is 0 Å². The van der Waals surface area contributed by atoms with Gasteiger partial charge in [-0.2, -0.15) is 0 Å². The van der Waals surface area contributed by atoms with E-state index in [9.17, 15) is 8.78 Å². The lowest BCUT2D eigenvalue weighted by Crippen LogP contribution is -2.41. The Labute approximate surface area is 59.0 Å². The fraction of sp³-hybridized carbons (Fsp3) is 0.600. The molecule has 0 radical (unpaired) electrons. The van der Waals surface area contributed by atoms with Crippen molar-refractivity contribution in [3.05, 3.63) is 0 Å². The third-order valence-electron chi connectivity index (χ3n) is 0.764. The van der Waals surface area contributed by atoms with Gasteiger partial charge in [-0.05, 0) is 6.92 Å². The average molecular weight is 156 g/mol. The van der Waals surface area contributed by atoms with Crippen molar-refractivity contribution < 1.29 is 8.78 Å². The number of rotatable bonds is 1. The van der Waals surface area contributed by atoms with Gasteiger partial charge in [-0.15, -0.1) is 18.8 Å². The average Bonchev–Trinajstić information content (AvgIpc) is 1.67. The molecule has 0 rings (SSSR count). The lowest BCUT2D eigenvalue weighted by molar-refractivity contribution is 0.0933. The van der Waals surface area contributed by atoms with Crippen LogP contribution >= 0.6 is 12.4 Å². The Morgan fingerprint density at radius 1 is 1.67 bits per heavy atom. The van der Waals surface area contributed by atoms with E-state index in [1.54, 1.807) is 5.92 Å². The van der Waals surface area contributed by atoms with Crippen LogP contribution in [-0.2, 0) is 0 Å². The van der Waals surface area contributed by atoms with Crippen molar-refractivity contribution in [3.8, 4) is 12.3 Å². The van der Waals surface area contributed by atoms with Crippen molar-refractivity contribution in [3.63, 3.8) is 0 Å². The maximum atomic E-state index is 11.5. The van der Waals surface area contributed by atoms with Crippen molar-refractivity contribution >= 4 is 12.4 Å². The van der Waals surface area contributed by atoms with E-state index in [1.165, 1.54) is 0 Å². The van der Waals surface area contributed by atoms with E-state index in [0.717, 1.165) is 6.92 Å². The minimum absolute atomic E-state index is 0. The van der Waals surface area contributed by atoms with Crippen LogP contribution in [0.2, 0.25) is 0 Å². The van der Waals surface area contributed by atoms with Gasteiger partial charge < -0.3 is 5.73 Å². The maximum absolute atomic E-state index is 11.5. The van der Waals surface area contributed by atoms with E-state index in [0.29, 0.717) is 0 Å². The molecule has 1 unspecified atom stereocenters. The molecule has 0 aromatic carbocycles. The lowest BCUT2D eigenvalue weighted by atomic mass is 10.1. The number of alkyl halides is 2. The summed E-state index contributed by atoms with van der Waals surface area (Å²) in [5, 5.41) is 0. The first kappa shape index (κ1) is 11.5. The summed E-state index contributed by atoms with van der Waals surface area (Å²) in [5.41, 5.74) is 3.11. The Morgan fingerprint density at radius 3 is 2.00 bits per heavy atom. The third-order valence-corrected chi connectivity index (χ3v) is 0.764. The van der Waals surface area contributed by atoms with Gasteiger partial charge in [-0.3, -0.25) is 0 Å². The molecule has 0 saturated carbocycles. The molecule has 54 valence electrons. The minimum atomic E-state index is -2.65. The summed E-state index contributed by atoms with van der Waals surface area (Å²) < 4.78 is 23.1. The molecule has 0 aromatic heterocycles. The molecule has 0 bridgehead atoms. The highest BCUT2D eigenvalue weighted by Gasteiger charge is 2.26. The normalized spacial score (nSPS) is 15.6. The Kier molecular flexibility index (Phi) is 4.65. The molecule has 1 nitrogen and oxygen atoms in total. The van der Waals surface area contributed by atoms with Gasteiger partial charge >= 0.3 is 0 Å². The van der Waals surface area contributed by atoms with E-state index in [4.69, 9.17) is 5.73 Å². The van der Waals surface area contributed by atoms with Gasteiger partial charge in [0.25, 0.3) is 6.43 Å². The Balaban J connectivity index is 0. The number of terminal acetylenes is 1. The minimum Gasteiger partial charge on any atom is -0.311 e. The van der Waals surface area contributed by atoms with E-state index in [1.807, 2.05) is 0 Å². The van der Waals surface area contributed by atoms with Crippen molar-refractivity contribution in [2.45, 2.75) is 18.9 Å². The lowest BCUT2D eigenvalue weighted by Gasteiger charge is -2.14. The first-order valence-corrected chi connectivity index (χ1v) is 2.05. The number of halogens is 3. The molecule has 1 atom stereocenters. The Hall–Kier alpha value is -0.330. The van der Waals surface area contributed by atoms with Gasteiger partial charge in [-0.1, -0.05) is 5.92 Å². The standard InChI is InChI=1S/C5H7F2N.ClH/c1-3-5(2,8)4(6)7;/h1,4H,8H2,2H3;1H. The second-order valence-electron chi connectivity index (χ2n) is 1.73. The van der Waals surface area contributed by atoms with Gasteiger partial charge in [0.1, 0.15) is 5.54 Å². The number of hydrogen-bond donors (Lipinski definition) is 1. The predicted molar refractivity (Wildman–Crippen MR) is 34.7 cm³/mol. The van der Waals surface area contributed by atoms with Crippen LogP contribution in [0.5, 0.6) is 0 Å². The van der Waals surface area contributed by atoms with Crippen LogP contribution in [0, 0.1) is 12.3 Å². The second kappa shape index (κ2) is 3.65. The molecular formula is C5H8ClF2N. The highest BCUT2D eigenvalue weighted by molar-refractivity contribution is 5.85. The molecule has 0 spiro atoms. The van der Waals surface area contributed by atoms with Crippen molar-refractivity contribution in [1.82, 2.24) is 0 Å². The first-order valence-electron chi connectivity index (χ1n) is 2.05.